The summed E-state index contributed by atoms with van der Waals surface area (Å²) in [4.78, 5) is 0. The zero-order chi connectivity index (χ0) is 17.6. The Hall–Kier alpha value is -2.12. The fraction of sp³-hybridized carbons (Fsp3) is 0.333. The Morgan fingerprint density at radius 1 is 1.00 bits per heavy atom. The highest BCUT2D eigenvalue weighted by Gasteiger charge is 2.42. The standard InChI is InChI=1S/C15H14F6N2/c1-7-4-9(23)6-12(15(19,20)21)13(7)10-3-2-8(22)5-11(10)14(16,17)18/h2-3,5-7H,4,22-23H2,1H3. The number of nitrogen functional groups attached to an aromatic ring is 1. The van der Waals surface area contributed by atoms with E-state index in [2.05, 4.69) is 0 Å². The van der Waals surface area contributed by atoms with E-state index in [0.29, 0.717) is 12.1 Å². The fourth-order valence-electron chi connectivity index (χ4n) is 2.72. The van der Waals surface area contributed by atoms with Gasteiger partial charge in [-0.05, 0) is 41.7 Å². The molecular weight excluding hydrogens is 322 g/mol. The van der Waals surface area contributed by atoms with E-state index >= 15 is 0 Å². The summed E-state index contributed by atoms with van der Waals surface area (Å²) < 4.78 is 79.4. The van der Waals surface area contributed by atoms with Crippen molar-refractivity contribution in [1.29, 1.82) is 0 Å². The Morgan fingerprint density at radius 2 is 1.61 bits per heavy atom. The van der Waals surface area contributed by atoms with Gasteiger partial charge in [-0.25, -0.2) is 0 Å². The number of nitrogens with two attached hydrogens (primary N) is 2. The molecule has 0 saturated carbocycles. The first-order valence-electron chi connectivity index (χ1n) is 6.65. The van der Waals surface area contributed by atoms with Gasteiger partial charge in [0.05, 0.1) is 11.1 Å². The predicted octanol–water partition coefficient (Wildman–Crippen LogP) is 4.49. The third-order valence-corrected chi connectivity index (χ3v) is 3.60. The van der Waals surface area contributed by atoms with Crippen LogP contribution in [-0.2, 0) is 6.18 Å². The largest absolute Gasteiger partial charge is 0.417 e. The smallest absolute Gasteiger partial charge is 0.402 e. The average Bonchev–Trinajstić information content (AvgIpc) is 2.36. The molecule has 1 aliphatic carbocycles. The second-order valence-corrected chi connectivity index (χ2v) is 5.45. The molecule has 0 bridgehead atoms. The van der Waals surface area contributed by atoms with Gasteiger partial charge in [0.25, 0.3) is 0 Å². The number of halogens is 6. The van der Waals surface area contributed by atoms with E-state index in [1.807, 2.05) is 0 Å². The highest BCUT2D eigenvalue weighted by molar-refractivity contribution is 5.78. The minimum absolute atomic E-state index is 0.0161. The SMILES string of the molecule is CC1CC(N)=CC(C(F)(F)F)=C1c1ccc(N)cc1C(F)(F)F. The van der Waals surface area contributed by atoms with Crippen molar-refractivity contribution in [3.63, 3.8) is 0 Å². The van der Waals surface area contributed by atoms with Crippen LogP contribution in [0.1, 0.15) is 24.5 Å². The van der Waals surface area contributed by atoms with Crippen LogP contribution in [-0.4, -0.2) is 6.18 Å². The highest BCUT2D eigenvalue weighted by Crippen LogP contribution is 2.46. The van der Waals surface area contributed by atoms with Gasteiger partial charge in [-0.3, -0.25) is 0 Å². The lowest BCUT2D eigenvalue weighted by Gasteiger charge is -2.28. The van der Waals surface area contributed by atoms with E-state index in [1.165, 1.54) is 6.92 Å². The predicted molar refractivity (Wildman–Crippen MR) is 74.9 cm³/mol. The molecule has 1 unspecified atom stereocenters. The average molecular weight is 336 g/mol. The van der Waals surface area contributed by atoms with E-state index < -0.39 is 40.5 Å². The van der Waals surface area contributed by atoms with Gasteiger partial charge < -0.3 is 11.5 Å². The molecule has 0 radical (unpaired) electrons. The van der Waals surface area contributed by atoms with Crippen LogP contribution < -0.4 is 11.5 Å². The molecule has 0 saturated heterocycles. The summed E-state index contributed by atoms with van der Waals surface area (Å²) >= 11 is 0. The van der Waals surface area contributed by atoms with Gasteiger partial charge in [-0.15, -0.1) is 0 Å². The summed E-state index contributed by atoms with van der Waals surface area (Å²) in [5, 5.41) is 0. The molecule has 2 rings (SSSR count). The van der Waals surface area contributed by atoms with Gasteiger partial charge in [-0.2, -0.15) is 26.3 Å². The zero-order valence-electron chi connectivity index (χ0n) is 12.0. The first-order valence-corrected chi connectivity index (χ1v) is 6.65. The molecule has 4 N–H and O–H groups in total. The Morgan fingerprint density at radius 3 is 2.13 bits per heavy atom. The third kappa shape index (κ3) is 3.46. The normalized spacial score (nSPS) is 19.8. The molecule has 2 nitrogen and oxygen atoms in total. The minimum atomic E-state index is -4.82. The number of benzene rings is 1. The van der Waals surface area contributed by atoms with Crippen molar-refractivity contribution in [2.45, 2.75) is 25.7 Å². The monoisotopic (exact) mass is 336 g/mol. The maximum absolute atomic E-state index is 13.3. The Bertz CT molecular complexity index is 682. The summed E-state index contributed by atoms with van der Waals surface area (Å²) in [5.41, 5.74) is 7.39. The van der Waals surface area contributed by atoms with Gasteiger partial charge in [0.15, 0.2) is 0 Å². The van der Waals surface area contributed by atoms with Crippen LogP contribution in [0.4, 0.5) is 32.0 Å². The topological polar surface area (TPSA) is 52.0 Å². The number of hydrogen-bond donors (Lipinski definition) is 2. The molecule has 126 valence electrons. The molecule has 0 heterocycles. The lowest BCUT2D eigenvalue weighted by atomic mass is 9.80. The van der Waals surface area contributed by atoms with Crippen LogP contribution in [0.2, 0.25) is 0 Å². The van der Waals surface area contributed by atoms with E-state index in [1.54, 1.807) is 0 Å². The molecule has 1 aliphatic rings. The lowest BCUT2D eigenvalue weighted by molar-refractivity contribution is -0.137. The fourth-order valence-corrected chi connectivity index (χ4v) is 2.72. The van der Waals surface area contributed by atoms with Crippen molar-refractivity contribution >= 4 is 11.3 Å². The highest BCUT2D eigenvalue weighted by atomic mass is 19.4. The quantitative estimate of drug-likeness (QED) is 0.587. The first-order chi connectivity index (χ1) is 10.4. The van der Waals surface area contributed by atoms with Gasteiger partial charge in [0.2, 0.25) is 0 Å². The van der Waals surface area contributed by atoms with E-state index in [0.717, 1.165) is 12.1 Å². The Labute approximate surface area is 128 Å². The van der Waals surface area contributed by atoms with Crippen LogP contribution in [0.15, 0.2) is 35.5 Å². The molecule has 0 spiro atoms. The molecule has 0 aromatic heterocycles. The minimum Gasteiger partial charge on any atom is -0.402 e. The Balaban J connectivity index is 2.81. The summed E-state index contributed by atoms with van der Waals surface area (Å²) in [6, 6.07) is 2.77. The van der Waals surface area contributed by atoms with E-state index in [9.17, 15) is 26.3 Å². The van der Waals surface area contributed by atoms with Crippen molar-refractivity contribution in [3.05, 3.63) is 46.7 Å². The van der Waals surface area contributed by atoms with Crippen molar-refractivity contribution in [2.24, 2.45) is 11.7 Å². The molecule has 0 amide bonds. The molecule has 0 fully saturated rings. The Kier molecular flexibility index (Phi) is 4.13. The summed E-state index contributed by atoms with van der Waals surface area (Å²) in [5.74, 6) is -0.804. The summed E-state index contributed by atoms with van der Waals surface area (Å²) in [6.07, 6.45) is -8.87. The van der Waals surface area contributed by atoms with Gasteiger partial charge in [0, 0.05) is 11.4 Å². The first kappa shape index (κ1) is 17.2. The van der Waals surface area contributed by atoms with E-state index in [-0.39, 0.29) is 17.8 Å². The van der Waals surface area contributed by atoms with Crippen LogP contribution in [0, 0.1) is 5.92 Å². The zero-order valence-corrected chi connectivity index (χ0v) is 12.0. The number of allylic oxidation sites excluding steroid dienone is 4. The van der Waals surface area contributed by atoms with E-state index in [4.69, 9.17) is 11.5 Å². The molecule has 8 heteroatoms. The van der Waals surface area contributed by atoms with Gasteiger partial charge in [0.1, 0.15) is 0 Å². The second kappa shape index (κ2) is 5.50. The number of hydrogen-bond acceptors (Lipinski definition) is 2. The maximum atomic E-state index is 13.3. The van der Waals surface area contributed by atoms with Crippen LogP contribution in [0.25, 0.3) is 5.57 Å². The van der Waals surface area contributed by atoms with Crippen molar-refractivity contribution in [1.82, 2.24) is 0 Å². The summed E-state index contributed by atoms with van der Waals surface area (Å²) in [7, 11) is 0. The van der Waals surface area contributed by atoms with Crippen LogP contribution in [0.5, 0.6) is 0 Å². The van der Waals surface area contributed by atoms with Crippen molar-refractivity contribution in [2.75, 3.05) is 5.73 Å². The van der Waals surface area contributed by atoms with Crippen LogP contribution >= 0.6 is 0 Å². The molecule has 1 aromatic rings. The lowest BCUT2D eigenvalue weighted by Crippen LogP contribution is -2.23. The number of alkyl halides is 6. The molecular formula is C15H14F6N2. The summed E-state index contributed by atoms with van der Waals surface area (Å²) in [6.45, 7) is 1.41. The molecule has 1 atom stereocenters. The van der Waals surface area contributed by atoms with Crippen LogP contribution in [0.3, 0.4) is 0 Å². The number of rotatable bonds is 1. The molecule has 0 aliphatic heterocycles. The molecule has 1 aromatic carbocycles. The van der Waals surface area contributed by atoms with Gasteiger partial charge in [-0.1, -0.05) is 13.0 Å². The number of anilines is 1. The maximum Gasteiger partial charge on any atom is 0.417 e. The van der Waals surface area contributed by atoms with Crippen molar-refractivity contribution < 1.29 is 26.3 Å². The molecule has 23 heavy (non-hydrogen) atoms. The van der Waals surface area contributed by atoms with Gasteiger partial charge >= 0.3 is 12.4 Å². The van der Waals surface area contributed by atoms with Crippen molar-refractivity contribution in [3.8, 4) is 0 Å². The second-order valence-electron chi connectivity index (χ2n) is 5.45. The third-order valence-electron chi connectivity index (χ3n) is 3.60.